The van der Waals surface area contributed by atoms with Crippen LogP contribution in [0.15, 0.2) is 28.9 Å². The number of rotatable bonds is 4. The minimum atomic E-state index is -1.15. The van der Waals surface area contributed by atoms with Crippen LogP contribution in [-0.4, -0.2) is 20.9 Å². The van der Waals surface area contributed by atoms with Crippen molar-refractivity contribution in [3.05, 3.63) is 52.9 Å². The molecule has 0 radical (unpaired) electrons. The van der Waals surface area contributed by atoms with Crippen LogP contribution in [0.1, 0.15) is 53.1 Å². The summed E-state index contributed by atoms with van der Waals surface area (Å²) < 4.78 is 18.3. The maximum Gasteiger partial charge on any atom is 0.258 e. The molecule has 0 saturated heterocycles. The molecule has 0 amide bonds. The zero-order chi connectivity index (χ0) is 18.1. The first kappa shape index (κ1) is 16.7. The number of pyridine rings is 2. The maximum atomic E-state index is 13.1. The van der Waals surface area contributed by atoms with E-state index >= 15 is 0 Å². The van der Waals surface area contributed by atoms with Crippen molar-refractivity contribution in [1.29, 1.82) is 5.26 Å². The van der Waals surface area contributed by atoms with Crippen molar-refractivity contribution >= 4 is 16.9 Å². The molecule has 0 aromatic carbocycles. The normalized spacial score (nSPS) is 12.3. The van der Waals surface area contributed by atoms with Crippen molar-refractivity contribution in [2.24, 2.45) is 0 Å². The molecule has 3 heterocycles. The quantitative estimate of drug-likeness (QED) is 0.674. The minimum Gasteiger partial charge on any atom is -0.336 e. The predicted molar refractivity (Wildman–Crippen MR) is 87.5 cm³/mol. The van der Waals surface area contributed by atoms with Gasteiger partial charge in [0.2, 0.25) is 0 Å². The van der Waals surface area contributed by atoms with Gasteiger partial charge < -0.3 is 4.52 Å². The molecule has 0 unspecified atom stereocenters. The zero-order valence-corrected chi connectivity index (χ0v) is 13.9. The third-order valence-electron chi connectivity index (χ3n) is 3.93. The van der Waals surface area contributed by atoms with Crippen molar-refractivity contribution in [1.82, 2.24) is 15.1 Å². The number of halogens is 1. The fraction of sp³-hybridized carbons (Fsp3) is 0.278. The van der Waals surface area contributed by atoms with Gasteiger partial charge in [0.25, 0.3) is 5.71 Å². The van der Waals surface area contributed by atoms with Crippen LogP contribution in [0.4, 0.5) is 4.39 Å². The van der Waals surface area contributed by atoms with Crippen LogP contribution in [0.2, 0.25) is 0 Å². The Kier molecular flexibility index (Phi) is 4.28. The molecule has 0 N–H and O–H groups in total. The van der Waals surface area contributed by atoms with Crippen LogP contribution in [0.3, 0.4) is 0 Å². The number of hydrogen-bond acceptors (Lipinski definition) is 6. The highest BCUT2D eigenvalue weighted by Crippen LogP contribution is 2.29. The number of hydrogen-bond donors (Lipinski definition) is 0. The van der Waals surface area contributed by atoms with Crippen LogP contribution < -0.4 is 0 Å². The molecule has 3 aromatic heterocycles. The number of carbonyl (C=O) groups excluding carboxylic acids is 1. The van der Waals surface area contributed by atoms with Gasteiger partial charge in [-0.3, -0.25) is 9.78 Å². The van der Waals surface area contributed by atoms with Crippen molar-refractivity contribution in [3.8, 4) is 6.07 Å². The molecule has 6 nitrogen and oxygen atoms in total. The van der Waals surface area contributed by atoms with E-state index in [1.165, 1.54) is 12.1 Å². The second-order valence-corrected chi connectivity index (χ2v) is 6.03. The molecule has 0 bridgehead atoms. The average Bonchev–Trinajstić information content (AvgIpc) is 2.97. The van der Waals surface area contributed by atoms with Gasteiger partial charge >= 0.3 is 0 Å². The third-order valence-corrected chi connectivity index (χ3v) is 3.93. The van der Waals surface area contributed by atoms with Gasteiger partial charge in [0, 0.05) is 11.3 Å². The van der Waals surface area contributed by atoms with E-state index in [0.717, 1.165) is 6.20 Å². The van der Waals surface area contributed by atoms with Gasteiger partial charge in [-0.1, -0.05) is 19.0 Å². The summed E-state index contributed by atoms with van der Waals surface area (Å²) in [6.45, 7) is 5.58. The van der Waals surface area contributed by atoms with Gasteiger partial charge in [0.05, 0.1) is 29.0 Å². The number of carbonyl (C=O) groups is 1. The smallest absolute Gasteiger partial charge is 0.258 e. The lowest BCUT2D eigenvalue weighted by atomic mass is 9.92. The minimum absolute atomic E-state index is 0.0610. The highest BCUT2D eigenvalue weighted by Gasteiger charge is 2.28. The van der Waals surface area contributed by atoms with Gasteiger partial charge in [-0.05, 0) is 31.0 Å². The lowest BCUT2D eigenvalue weighted by molar-refractivity contribution is 0.0979. The Labute approximate surface area is 143 Å². The molecular weight excluding hydrogens is 323 g/mol. The summed E-state index contributed by atoms with van der Waals surface area (Å²) in [6, 6.07) is 6.12. The van der Waals surface area contributed by atoms with E-state index in [0.29, 0.717) is 22.3 Å². The first-order chi connectivity index (χ1) is 11.9. The van der Waals surface area contributed by atoms with E-state index in [9.17, 15) is 14.4 Å². The number of fused-ring (bicyclic) bond motifs is 1. The summed E-state index contributed by atoms with van der Waals surface area (Å²) in [4.78, 5) is 21.3. The largest absolute Gasteiger partial charge is 0.336 e. The summed E-state index contributed by atoms with van der Waals surface area (Å²) in [7, 11) is 0. The Morgan fingerprint density at radius 3 is 2.68 bits per heavy atom. The Bertz CT molecular complexity index is 987. The molecule has 0 spiro atoms. The molecule has 0 fully saturated rings. The van der Waals surface area contributed by atoms with Crippen LogP contribution in [0.25, 0.3) is 11.1 Å². The van der Waals surface area contributed by atoms with Crippen LogP contribution >= 0.6 is 0 Å². The van der Waals surface area contributed by atoms with Crippen LogP contribution in [-0.2, 0) is 0 Å². The van der Waals surface area contributed by atoms with E-state index in [-0.39, 0.29) is 17.3 Å². The lowest BCUT2D eigenvalue weighted by Crippen LogP contribution is -2.14. The summed E-state index contributed by atoms with van der Waals surface area (Å²) in [5.74, 6) is -2.07. The topological polar surface area (TPSA) is 92.7 Å². The molecular formula is C18H15FN4O2. The van der Waals surface area contributed by atoms with Gasteiger partial charge in [0.1, 0.15) is 5.82 Å². The SMILES string of the molecule is Cc1noc2nc(C(C)C)cc(C(=O)[C@@H](C#N)c3ccc(F)cn3)c12. The summed E-state index contributed by atoms with van der Waals surface area (Å²) >= 11 is 0. The standard InChI is InChI=1S/C18H15FN4O2/c1-9(2)15-6-12(16-10(3)23-25-18(16)22-15)17(24)13(7-20)14-5-4-11(19)8-21-14/h4-6,8-9,13H,1-3H3/t13-/m0/s1. The number of nitrogens with zero attached hydrogens (tertiary/aromatic N) is 4. The fourth-order valence-corrected chi connectivity index (χ4v) is 2.58. The summed E-state index contributed by atoms with van der Waals surface area (Å²) in [5, 5.41) is 13.8. The molecule has 1 atom stereocenters. The van der Waals surface area contributed by atoms with Gasteiger partial charge in [-0.15, -0.1) is 0 Å². The van der Waals surface area contributed by atoms with Crippen LogP contribution in [0.5, 0.6) is 0 Å². The van der Waals surface area contributed by atoms with E-state index < -0.39 is 17.5 Å². The highest BCUT2D eigenvalue weighted by molar-refractivity contribution is 6.11. The number of aryl methyl sites for hydroxylation is 1. The van der Waals surface area contributed by atoms with Crippen molar-refractivity contribution in [2.45, 2.75) is 32.6 Å². The van der Waals surface area contributed by atoms with Crippen molar-refractivity contribution in [3.63, 3.8) is 0 Å². The van der Waals surface area contributed by atoms with E-state index in [2.05, 4.69) is 15.1 Å². The first-order valence-corrected chi connectivity index (χ1v) is 7.74. The predicted octanol–water partition coefficient (Wildman–Crippen LogP) is 3.68. The van der Waals surface area contributed by atoms with Crippen molar-refractivity contribution < 1.29 is 13.7 Å². The van der Waals surface area contributed by atoms with E-state index in [1.54, 1.807) is 13.0 Å². The molecule has 0 saturated carbocycles. The molecule has 0 aliphatic heterocycles. The monoisotopic (exact) mass is 338 g/mol. The van der Waals surface area contributed by atoms with E-state index in [1.807, 2.05) is 19.9 Å². The first-order valence-electron chi connectivity index (χ1n) is 7.74. The Morgan fingerprint density at radius 1 is 1.32 bits per heavy atom. The van der Waals surface area contributed by atoms with Crippen LogP contribution in [0, 0.1) is 24.1 Å². The average molecular weight is 338 g/mol. The second kappa shape index (κ2) is 6.40. The number of ketones is 1. The van der Waals surface area contributed by atoms with Gasteiger partial charge in [-0.25, -0.2) is 9.37 Å². The Balaban J connectivity index is 2.16. The summed E-state index contributed by atoms with van der Waals surface area (Å²) in [5.41, 5.74) is 1.95. The number of aromatic nitrogens is 3. The molecule has 126 valence electrons. The second-order valence-electron chi connectivity index (χ2n) is 6.03. The fourth-order valence-electron chi connectivity index (χ4n) is 2.58. The molecule has 7 heteroatoms. The summed E-state index contributed by atoms with van der Waals surface area (Å²) in [6.07, 6.45) is 0.985. The number of Topliss-reactive ketones (excluding diaryl/α,β-unsaturated/α-hetero) is 1. The molecule has 25 heavy (non-hydrogen) atoms. The molecule has 3 rings (SSSR count). The molecule has 0 aliphatic rings. The van der Waals surface area contributed by atoms with Crippen molar-refractivity contribution in [2.75, 3.05) is 0 Å². The highest BCUT2D eigenvalue weighted by atomic mass is 19.1. The zero-order valence-electron chi connectivity index (χ0n) is 13.9. The number of nitriles is 1. The van der Waals surface area contributed by atoms with E-state index in [4.69, 9.17) is 4.52 Å². The molecule has 3 aromatic rings. The maximum absolute atomic E-state index is 13.1. The molecule has 0 aliphatic carbocycles. The van der Waals surface area contributed by atoms with Gasteiger partial charge in [-0.2, -0.15) is 5.26 Å². The Hall–Kier alpha value is -3.14. The third kappa shape index (κ3) is 2.98. The Morgan fingerprint density at radius 2 is 2.08 bits per heavy atom. The van der Waals surface area contributed by atoms with Gasteiger partial charge in [0.15, 0.2) is 11.7 Å². The lowest BCUT2D eigenvalue weighted by Gasteiger charge is -2.11.